The second-order valence-corrected chi connectivity index (χ2v) is 4.64. The minimum Gasteiger partial charge on any atom is -0.420 e. The van der Waals surface area contributed by atoms with E-state index in [1.54, 1.807) is 12.1 Å². The van der Waals surface area contributed by atoms with Crippen LogP contribution in [-0.2, 0) is 32.7 Å². The van der Waals surface area contributed by atoms with Gasteiger partial charge in [-0.25, -0.2) is 0 Å². The molecule has 0 saturated heterocycles. The van der Waals surface area contributed by atoms with E-state index in [0.29, 0.717) is 28.5 Å². The van der Waals surface area contributed by atoms with E-state index in [9.17, 15) is 4.79 Å². The van der Waals surface area contributed by atoms with E-state index in [1.807, 2.05) is 6.92 Å². The average molecular weight is 330 g/mol. The maximum absolute atomic E-state index is 12.5. The van der Waals surface area contributed by atoms with E-state index >= 15 is 0 Å². The van der Waals surface area contributed by atoms with Crippen molar-refractivity contribution < 1.29 is 42.0 Å². The van der Waals surface area contributed by atoms with Gasteiger partial charge in [-0.1, -0.05) is 23.3 Å². The largest absolute Gasteiger partial charge is 0.420 e. The van der Waals surface area contributed by atoms with Crippen LogP contribution in [0.4, 0.5) is 5.69 Å². The summed E-state index contributed by atoms with van der Waals surface area (Å²) < 4.78 is 5.19. The number of nitrogen functional groups attached to an aromatic ring is 1. The van der Waals surface area contributed by atoms with Crippen molar-refractivity contribution >= 4 is 11.5 Å². The van der Waals surface area contributed by atoms with E-state index in [-0.39, 0.29) is 38.5 Å². The molecule has 3 rings (SSSR count). The number of rotatable bonds is 3. The van der Waals surface area contributed by atoms with Crippen molar-refractivity contribution in [1.82, 2.24) is 5.16 Å². The summed E-state index contributed by atoms with van der Waals surface area (Å²) in [6, 6.07) is 6.28. The molecular formula is C14H13N2O2Y-. The number of benzene rings is 1. The Hall–Kier alpha value is -0.996. The van der Waals surface area contributed by atoms with Crippen LogP contribution in [0.5, 0.6) is 0 Å². The van der Waals surface area contributed by atoms with Gasteiger partial charge in [-0.05, 0) is 12.8 Å². The average Bonchev–Trinajstić information content (AvgIpc) is 3.09. The zero-order valence-corrected chi connectivity index (χ0v) is 13.5. The Labute approximate surface area is 136 Å². The van der Waals surface area contributed by atoms with E-state index in [4.69, 9.17) is 10.3 Å². The van der Waals surface area contributed by atoms with Gasteiger partial charge in [0.1, 0.15) is 0 Å². The maximum atomic E-state index is 12.5. The van der Waals surface area contributed by atoms with Gasteiger partial charge in [0, 0.05) is 38.6 Å². The molecule has 1 radical (unpaired) electrons. The molecule has 1 heterocycles. The van der Waals surface area contributed by atoms with E-state index in [0.717, 1.165) is 18.4 Å². The molecule has 1 fully saturated rings. The predicted molar refractivity (Wildman–Crippen MR) is 66.3 cm³/mol. The van der Waals surface area contributed by atoms with Gasteiger partial charge in [0.25, 0.3) is 0 Å². The van der Waals surface area contributed by atoms with Gasteiger partial charge in [-0.3, -0.25) is 4.79 Å². The number of anilines is 1. The molecule has 0 unspecified atom stereocenters. The molecule has 19 heavy (non-hydrogen) atoms. The van der Waals surface area contributed by atoms with Gasteiger partial charge in [0.2, 0.25) is 0 Å². The molecule has 2 N–H and O–H groups in total. The molecule has 0 atom stereocenters. The third-order valence-corrected chi connectivity index (χ3v) is 3.33. The van der Waals surface area contributed by atoms with Crippen LogP contribution in [0.25, 0.3) is 0 Å². The van der Waals surface area contributed by atoms with Crippen molar-refractivity contribution in [1.29, 1.82) is 0 Å². The quantitative estimate of drug-likeness (QED) is 0.533. The van der Waals surface area contributed by atoms with Gasteiger partial charge in [0.15, 0.2) is 11.5 Å². The van der Waals surface area contributed by atoms with Crippen molar-refractivity contribution in [3.05, 3.63) is 46.8 Å². The minimum absolute atomic E-state index is 0. The van der Waals surface area contributed by atoms with Crippen molar-refractivity contribution in [2.75, 3.05) is 5.73 Å². The van der Waals surface area contributed by atoms with Crippen LogP contribution in [0.3, 0.4) is 0 Å². The predicted octanol–water partition coefficient (Wildman–Crippen LogP) is 2.47. The Morgan fingerprint density at radius 3 is 2.89 bits per heavy atom. The van der Waals surface area contributed by atoms with Crippen molar-refractivity contribution in [2.45, 2.75) is 25.7 Å². The topological polar surface area (TPSA) is 69.1 Å². The molecule has 5 heteroatoms. The number of carbonyl (C=O) groups excluding carboxylic acids is 1. The Morgan fingerprint density at radius 1 is 1.47 bits per heavy atom. The SMILES string of the molecule is Cc1c(N)[c-]ccc1C(=O)c1cnoc1C1CC1.[Y]. The standard InChI is InChI=1S/C14H13N2O2.Y/c1-8-10(3-2-4-12(8)15)13(17)11-7-16-18-14(11)9-5-6-9;/h2-3,7,9H,5-6,15H2,1H3;/q-1;. The molecule has 1 aromatic carbocycles. The number of hydrogen-bond donors (Lipinski definition) is 1. The number of aromatic nitrogens is 1. The summed E-state index contributed by atoms with van der Waals surface area (Å²) >= 11 is 0. The van der Waals surface area contributed by atoms with Crippen molar-refractivity contribution in [3.8, 4) is 0 Å². The molecule has 0 spiro atoms. The third-order valence-electron chi connectivity index (χ3n) is 3.33. The normalized spacial score (nSPS) is 13.9. The zero-order chi connectivity index (χ0) is 12.7. The molecule has 2 aromatic rings. The molecule has 1 aliphatic carbocycles. The molecular weight excluding hydrogens is 317 g/mol. The third kappa shape index (κ3) is 2.65. The monoisotopic (exact) mass is 330 g/mol. The molecule has 95 valence electrons. The summed E-state index contributed by atoms with van der Waals surface area (Å²) in [6.07, 6.45) is 3.64. The van der Waals surface area contributed by atoms with Crippen LogP contribution in [0, 0.1) is 13.0 Å². The van der Waals surface area contributed by atoms with Gasteiger partial charge < -0.3 is 10.3 Å². The van der Waals surface area contributed by atoms with Crippen LogP contribution in [-0.4, -0.2) is 10.9 Å². The number of nitrogens with two attached hydrogens (primary N) is 1. The minimum atomic E-state index is -0.0728. The number of hydrogen-bond acceptors (Lipinski definition) is 4. The molecule has 1 saturated carbocycles. The van der Waals surface area contributed by atoms with E-state index in [1.165, 1.54) is 6.20 Å². The maximum Gasteiger partial charge on any atom is 0.174 e. The summed E-state index contributed by atoms with van der Waals surface area (Å²) in [4.78, 5) is 12.5. The molecule has 0 amide bonds. The molecule has 0 aliphatic heterocycles. The molecule has 1 aliphatic rings. The number of ketones is 1. The summed E-state index contributed by atoms with van der Waals surface area (Å²) in [5.74, 6) is 1.00. The summed E-state index contributed by atoms with van der Waals surface area (Å²) in [7, 11) is 0. The summed E-state index contributed by atoms with van der Waals surface area (Å²) in [5.41, 5.74) is 8.19. The second-order valence-electron chi connectivity index (χ2n) is 4.64. The first-order chi connectivity index (χ1) is 8.68. The summed E-state index contributed by atoms with van der Waals surface area (Å²) in [5, 5.41) is 3.75. The Morgan fingerprint density at radius 2 is 2.21 bits per heavy atom. The molecule has 0 bridgehead atoms. The fourth-order valence-corrected chi connectivity index (χ4v) is 2.04. The van der Waals surface area contributed by atoms with Gasteiger partial charge >= 0.3 is 0 Å². The fraction of sp³-hybridized carbons (Fsp3) is 0.286. The first-order valence-corrected chi connectivity index (χ1v) is 5.94. The van der Waals surface area contributed by atoms with Gasteiger partial charge in [-0.15, -0.1) is 5.56 Å². The Kier molecular flexibility index (Phi) is 4.21. The van der Waals surface area contributed by atoms with Crippen molar-refractivity contribution in [2.24, 2.45) is 0 Å². The molecule has 1 aromatic heterocycles. The molecule has 4 nitrogen and oxygen atoms in total. The Bertz CT molecular complexity index is 618. The second kappa shape index (κ2) is 5.55. The number of carbonyl (C=O) groups is 1. The first-order valence-electron chi connectivity index (χ1n) is 5.94. The van der Waals surface area contributed by atoms with E-state index in [2.05, 4.69) is 11.2 Å². The zero-order valence-electron chi connectivity index (χ0n) is 10.6. The van der Waals surface area contributed by atoms with Crippen LogP contribution in [0.1, 0.15) is 46.0 Å². The van der Waals surface area contributed by atoms with Crippen LogP contribution >= 0.6 is 0 Å². The van der Waals surface area contributed by atoms with Crippen LogP contribution in [0.15, 0.2) is 22.9 Å². The fourth-order valence-electron chi connectivity index (χ4n) is 2.04. The van der Waals surface area contributed by atoms with Crippen LogP contribution < -0.4 is 5.73 Å². The Balaban J connectivity index is 0.00000133. The van der Waals surface area contributed by atoms with Gasteiger partial charge in [-0.2, -0.15) is 18.2 Å². The first kappa shape index (κ1) is 14.4. The smallest absolute Gasteiger partial charge is 0.174 e. The van der Waals surface area contributed by atoms with Crippen molar-refractivity contribution in [3.63, 3.8) is 0 Å². The van der Waals surface area contributed by atoms with Gasteiger partial charge in [0.05, 0.1) is 11.8 Å². The van der Waals surface area contributed by atoms with Crippen LogP contribution in [0.2, 0.25) is 0 Å². The summed E-state index contributed by atoms with van der Waals surface area (Å²) in [6.45, 7) is 1.82. The number of nitrogens with zero attached hydrogens (tertiary/aromatic N) is 1. The van der Waals surface area contributed by atoms with E-state index < -0.39 is 0 Å².